The number of carboxylic acids is 1. The minimum atomic E-state index is -2.15. The highest BCUT2D eigenvalue weighted by Crippen LogP contribution is 2.18. The van der Waals surface area contributed by atoms with Crippen LogP contribution in [0.5, 0.6) is 0 Å². The van der Waals surface area contributed by atoms with Crippen LogP contribution in [0.4, 0.5) is 5.69 Å². The van der Waals surface area contributed by atoms with E-state index in [9.17, 15) is 24.3 Å². The lowest BCUT2D eigenvalue weighted by Gasteiger charge is -2.23. The average molecular weight is 502 g/mol. The predicted molar refractivity (Wildman–Crippen MR) is 124 cm³/mol. The molecule has 0 aliphatic heterocycles. The van der Waals surface area contributed by atoms with E-state index in [0.717, 1.165) is 0 Å². The maximum absolute atomic E-state index is 13.0. The molecule has 0 aliphatic carbocycles. The Hall–Kier alpha value is -3.88. The minimum Gasteiger partial charge on any atom is -0.478 e. The third kappa shape index (κ3) is 6.57. The first kappa shape index (κ1) is 24.8. The maximum atomic E-state index is 13.0. The number of para-hydroxylation sites is 1. The number of carbonyl (C=O) groups excluding carboxylic acids is 3. The highest BCUT2D eigenvalue weighted by atomic mass is 35.5. The number of rotatable bonds is 8. The van der Waals surface area contributed by atoms with Gasteiger partial charge in [0.2, 0.25) is 12.2 Å². The zero-order valence-corrected chi connectivity index (χ0v) is 18.8. The summed E-state index contributed by atoms with van der Waals surface area (Å²) >= 11 is 11.6. The molecule has 3 aromatic carbocycles. The van der Waals surface area contributed by atoms with Crippen molar-refractivity contribution in [1.82, 2.24) is 0 Å². The molecule has 0 unspecified atom stereocenters. The second-order valence-corrected chi connectivity index (χ2v) is 7.73. The second-order valence-electron chi connectivity index (χ2n) is 6.86. The van der Waals surface area contributed by atoms with E-state index in [1.807, 2.05) is 0 Å². The van der Waals surface area contributed by atoms with E-state index >= 15 is 0 Å². The molecule has 1 amide bonds. The van der Waals surface area contributed by atoms with Crippen LogP contribution in [0.1, 0.15) is 20.7 Å². The first-order chi connectivity index (χ1) is 16.2. The van der Waals surface area contributed by atoms with Crippen LogP contribution in [0.2, 0.25) is 10.0 Å². The Labute approximate surface area is 204 Å². The Bertz CT molecular complexity index is 1180. The van der Waals surface area contributed by atoms with Gasteiger partial charge in [0.1, 0.15) is 0 Å². The Balaban J connectivity index is 1.89. The van der Waals surface area contributed by atoms with E-state index in [0.29, 0.717) is 15.7 Å². The highest BCUT2D eigenvalue weighted by molar-refractivity contribution is 6.31. The number of nitrogens with one attached hydrogen (secondary N) is 1. The van der Waals surface area contributed by atoms with Crippen LogP contribution in [0.25, 0.3) is 0 Å². The Morgan fingerprint density at radius 3 is 1.56 bits per heavy atom. The summed E-state index contributed by atoms with van der Waals surface area (Å²) in [6.07, 6.45) is -4.17. The number of carboxylic acid groups (broad SMARTS) is 1. The molecule has 8 nitrogen and oxygen atoms in total. The molecule has 3 aromatic rings. The number of hydrogen-bond donors (Lipinski definition) is 2. The van der Waals surface area contributed by atoms with Crippen molar-refractivity contribution in [3.63, 3.8) is 0 Å². The number of ether oxygens (including phenoxy) is 2. The molecular weight excluding hydrogens is 485 g/mol. The summed E-state index contributed by atoms with van der Waals surface area (Å²) in [5, 5.41) is 12.9. The van der Waals surface area contributed by atoms with Crippen molar-refractivity contribution in [3.05, 3.63) is 100 Å². The number of carbonyl (C=O) groups is 4. The van der Waals surface area contributed by atoms with Gasteiger partial charge < -0.3 is 19.9 Å². The summed E-state index contributed by atoms with van der Waals surface area (Å²) in [5.74, 6) is -4.77. The lowest BCUT2D eigenvalue weighted by molar-refractivity contribution is -0.157. The monoisotopic (exact) mass is 501 g/mol. The molecule has 0 spiro atoms. The number of anilines is 1. The highest BCUT2D eigenvalue weighted by Gasteiger charge is 2.41. The molecule has 0 aromatic heterocycles. The Morgan fingerprint density at radius 2 is 1.12 bits per heavy atom. The number of halogens is 2. The van der Waals surface area contributed by atoms with Crippen molar-refractivity contribution in [2.24, 2.45) is 0 Å². The molecule has 2 atom stereocenters. The first-order valence-corrected chi connectivity index (χ1v) is 10.5. The topological polar surface area (TPSA) is 119 Å². The summed E-state index contributed by atoms with van der Waals surface area (Å²) in [6, 6.07) is 19.1. The van der Waals surface area contributed by atoms with Crippen LogP contribution in [-0.2, 0) is 19.1 Å². The fourth-order valence-electron chi connectivity index (χ4n) is 2.77. The summed E-state index contributed by atoms with van der Waals surface area (Å²) in [4.78, 5) is 50.1. The fraction of sp³-hybridized carbons (Fsp3) is 0.0833. The van der Waals surface area contributed by atoms with E-state index < -0.39 is 36.0 Å². The van der Waals surface area contributed by atoms with Gasteiger partial charge in [0, 0.05) is 15.7 Å². The summed E-state index contributed by atoms with van der Waals surface area (Å²) in [6.45, 7) is 0. The van der Waals surface area contributed by atoms with Gasteiger partial charge in [-0.25, -0.2) is 14.4 Å². The third-order valence-corrected chi connectivity index (χ3v) is 4.95. The third-order valence-electron chi connectivity index (χ3n) is 4.45. The molecule has 0 fully saturated rings. The van der Waals surface area contributed by atoms with Crippen LogP contribution in [0.3, 0.4) is 0 Å². The van der Waals surface area contributed by atoms with Crippen molar-refractivity contribution < 1.29 is 33.8 Å². The number of aliphatic carboxylic acids is 1. The van der Waals surface area contributed by atoms with Gasteiger partial charge in [0.25, 0.3) is 5.91 Å². The molecule has 0 heterocycles. The quantitative estimate of drug-likeness (QED) is 0.437. The van der Waals surface area contributed by atoms with Gasteiger partial charge in [-0.05, 0) is 60.7 Å². The molecule has 10 heteroatoms. The average Bonchev–Trinajstić information content (AvgIpc) is 2.82. The van der Waals surface area contributed by atoms with Crippen LogP contribution in [0, 0.1) is 0 Å². The minimum absolute atomic E-state index is 0.00933. The zero-order valence-electron chi connectivity index (χ0n) is 17.3. The molecule has 0 bridgehead atoms. The van der Waals surface area contributed by atoms with Gasteiger partial charge in [0.05, 0.1) is 11.1 Å². The van der Waals surface area contributed by atoms with Crippen LogP contribution >= 0.6 is 23.2 Å². The molecule has 0 saturated heterocycles. The van der Waals surface area contributed by atoms with Gasteiger partial charge >= 0.3 is 17.9 Å². The zero-order chi connectivity index (χ0) is 24.7. The smallest absolute Gasteiger partial charge is 0.349 e. The predicted octanol–water partition coefficient (Wildman–Crippen LogP) is 4.47. The Kier molecular flexibility index (Phi) is 8.24. The summed E-state index contributed by atoms with van der Waals surface area (Å²) < 4.78 is 10.3. The number of benzene rings is 3. The van der Waals surface area contributed by atoms with E-state index in [1.54, 1.807) is 30.3 Å². The lowest BCUT2D eigenvalue weighted by atomic mass is 10.1. The van der Waals surface area contributed by atoms with E-state index in [4.69, 9.17) is 32.7 Å². The molecular formula is C24H17Cl2NO7. The van der Waals surface area contributed by atoms with Gasteiger partial charge in [-0.15, -0.1) is 0 Å². The van der Waals surface area contributed by atoms with Gasteiger partial charge in [0.15, 0.2) is 0 Å². The molecule has 0 aliphatic rings. The number of esters is 2. The largest absolute Gasteiger partial charge is 0.478 e. The SMILES string of the molecule is O=C(O[C@@H](C(=O)O)[C@@H](OC(=O)c1ccc(Cl)cc1)C(=O)Nc1ccccc1)c1ccc(Cl)cc1. The second kappa shape index (κ2) is 11.3. The van der Waals surface area contributed by atoms with Crippen LogP contribution in [-0.4, -0.2) is 41.1 Å². The van der Waals surface area contributed by atoms with Crippen LogP contribution in [0.15, 0.2) is 78.9 Å². The lowest BCUT2D eigenvalue weighted by Crippen LogP contribution is -2.48. The molecule has 34 heavy (non-hydrogen) atoms. The summed E-state index contributed by atoms with van der Waals surface area (Å²) in [7, 11) is 0. The number of amides is 1. The van der Waals surface area contributed by atoms with Gasteiger partial charge in [-0.1, -0.05) is 41.4 Å². The standard InChI is InChI=1S/C24H17Cl2NO7/c25-16-10-6-14(7-11-16)23(31)33-19(21(28)27-18-4-2-1-3-5-18)20(22(29)30)34-24(32)15-8-12-17(26)13-9-15/h1-13,19-20H,(H,27,28)(H,29,30)/t19-,20-/m1/s1. The van der Waals surface area contributed by atoms with E-state index in [-0.39, 0.29) is 11.1 Å². The summed E-state index contributed by atoms with van der Waals surface area (Å²) in [5.41, 5.74) is 0.310. The van der Waals surface area contributed by atoms with Crippen LogP contribution < -0.4 is 5.32 Å². The van der Waals surface area contributed by atoms with Crippen molar-refractivity contribution in [3.8, 4) is 0 Å². The van der Waals surface area contributed by atoms with Crippen molar-refractivity contribution >= 4 is 52.7 Å². The van der Waals surface area contributed by atoms with Crippen molar-refractivity contribution in [2.75, 3.05) is 5.32 Å². The first-order valence-electron chi connectivity index (χ1n) is 9.76. The van der Waals surface area contributed by atoms with Crippen molar-refractivity contribution in [2.45, 2.75) is 12.2 Å². The van der Waals surface area contributed by atoms with E-state index in [2.05, 4.69) is 5.32 Å². The molecule has 0 saturated carbocycles. The number of hydrogen-bond acceptors (Lipinski definition) is 6. The fourth-order valence-corrected chi connectivity index (χ4v) is 3.02. The molecule has 3 rings (SSSR count). The normalized spacial score (nSPS) is 12.2. The molecule has 2 N–H and O–H groups in total. The molecule has 0 radical (unpaired) electrons. The van der Waals surface area contributed by atoms with Gasteiger partial charge in [-0.3, -0.25) is 4.79 Å². The molecule has 174 valence electrons. The van der Waals surface area contributed by atoms with Gasteiger partial charge in [-0.2, -0.15) is 0 Å². The van der Waals surface area contributed by atoms with Crippen molar-refractivity contribution in [1.29, 1.82) is 0 Å². The maximum Gasteiger partial charge on any atom is 0.349 e. The Morgan fingerprint density at radius 1 is 0.676 bits per heavy atom. The van der Waals surface area contributed by atoms with E-state index in [1.165, 1.54) is 48.5 Å².